The van der Waals surface area contributed by atoms with Gasteiger partial charge in [-0.1, -0.05) is 6.08 Å². The van der Waals surface area contributed by atoms with Gasteiger partial charge in [0.05, 0.1) is 0 Å². The maximum absolute atomic E-state index is 12.4. The van der Waals surface area contributed by atoms with Crippen molar-refractivity contribution in [1.29, 1.82) is 0 Å². The van der Waals surface area contributed by atoms with Gasteiger partial charge in [0.1, 0.15) is 5.69 Å². The van der Waals surface area contributed by atoms with E-state index in [-0.39, 0.29) is 0 Å². The highest BCUT2D eigenvalue weighted by Crippen LogP contribution is 2.28. The van der Waals surface area contributed by atoms with Crippen molar-refractivity contribution in [3.63, 3.8) is 0 Å². The summed E-state index contributed by atoms with van der Waals surface area (Å²) in [4.78, 5) is 3.28. The smallest absolute Gasteiger partial charge is 0.384 e. The molecule has 1 rings (SSSR count). The fourth-order valence-corrected chi connectivity index (χ4v) is 1.71. The van der Waals surface area contributed by atoms with E-state index in [0.29, 0.717) is 12.2 Å². The standard InChI is InChI=1S/C11H13F3N2S/c1-2-6-17-7-5-15-9-3-4-16-10(8-9)11(12,13)14/h2-4,8H,1,5-7H2,(H,15,16). The van der Waals surface area contributed by atoms with Crippen molar-refractivity contribution in [2.24, 2.45) is 0 Å². The number of hydrogen-bond donors (Lipinski definition) is 1. The molecule has 0 unspecified atom stereocenters. The SMILES string of the molecule is C=CCSCCNc1ccnc(C(F)(F)F)c1. The van der Waals surface area contributed by atoms with E-state index in [1.54, 1.807) is 17.8 Å². The van der Waals surface area contributed by atoms with Crippen LogP contribution in [0.15, 0.2) is 31.0 Å². The van der Waals surface area contributed by atoms with Crippen LogP contribution in [0.25, 0.3) is 0 Å². The van der Waals surface area contributed by atoms with Crippen LogP contribution < -0.4 is 5.32 Å². The van der Waals surface area contributed by atoms with Gasteiger partial charge in [0.2, 0.25) is 0 Å². The largest absolute Gasteiger partial charge is 0.433 e. The fraction of sp³-hybridized carbons (Fsp3) is 0.364. The molecule has 17 heavy (non-hydrogen) atoms. The highest BCUT2D eigenvalue weighted by atomic mass is 32.2. The van der Waals surface area contributed by atoms with Crippen molar-refractivity contribution >= 4 is 17.4 Å². The quantitative estimate of drug-likeness (QED) is 0.628. The lowest BCUT2D eigenvalue weighted by Gasteiger charge is -2.09. The molecule has 1 N–H and O–H groups in total. The summed E-state index contributed by atoms with van der Waals surface area (Å²) in [5.41, 5.74) is -0.437. The Bertz CT molecular complexity index is 366. The van der Waals surface area contributed by atoms with E-state index in [1.807, 2.05) is 0 Å². The number of aromatic nitrogens is 1. The first kappa shape index (κ1) is 13.9. The molecule has 2 nitrogen and oxygen atoms in total. The molecule has 0 aliphatic carbocycles. The Morgan fingerprint density at radius 1 is 1.47 bits per heavy atom. The monoisotopic (exact) mass is 262 g/mol. The van der Waals surface area contributed by atoms with Crippen molar-refractivity contribution in [2.45, 2.75) is 6.18 Å². The minimum atomic E-state index is -4.39. The van der Waals surface area contributed by atoms with Crippen LogP contribution in [-0.2, 0) is 6.18 Å². The minimum absolute atomic E-state index is 0.437. The van der Waals surface area contributed by atoms with E-state index in [0.717, 1.165) is 23.8 Å². The third-order valence-corrected chi connectivity index (χ3v) is 2.83. The highest BCUT2D eigenvalue weighted by molar-refractivity contribution is 7.99. The van der Waals surface area contributed by atoms with E-state index < -0.39 is 11.9 Å². The summed E-state index contributed by atoms with van der Waals surface area (Å²) in [6.07, 6.45) is -1.45. The normalized spacial score (nSPS) is 11.2. The number of nitrogens with one attached hydrogen (secondary N) is 1. The molecule has 0 radical (unpaired) electrons. The minimum Gasteiger partial charge on any atom is -0.384 e. The van der Waals surface area contributed by atoms with Crippen LogP contribution in [0.3, 0.4) is 0 Å². The lowest BCUT2D eigenvalue weighted by molar-refractivity contribution is -0.141. The summed E-state index contributed by atoms with van der Waals surface area (Å²) < 4.78 is 37.1. The summed E-state index contributed by atoms with van der Waals surface area (Å²) >= 11 is 1.66. The van der Waals surface area contributed by atoms with Crippen LogP contribution in [0.1, 0.15) is 5.69 Å². The van der Waals surface area contributed by atoms with Crippen molar-refractivity contribution in [2.75, 3.05) is 23.4 Å². The average Bonchev–Trinajstić information content (AvgIpc) is 2.28. The zero-order valence-corrected chi connectivity index (χ0v) is 9.94. The Labute approximate surface area is 102 Å². The van der Waals surface area contributed by atoms with Crippen molar-refractivity contribution in [1.82, 2.24) is 4.98 Å². The molecule has 0 amide bonds. The fourth-order valence-electron chi connectivity index (χ4n) is 1.13. The van der Waals surface area contributed by atoms with Crippen LogP contribution in [0, 0.1) is 0 Å². The Balaban J connectivity index is 2.46. The molecule has 0 saturated heterocycles. The molecule has 0 aliphatic heterocycles. The predicted molar refractivity (Wildman–Crippen MR) is 65.3 cm³/mol. The molecule has 0 fully saturated rings. The topological polar surface area (TPSA) is 24.9 Å². The molecular formula is C11H13F3N2S. The molecule has 0 spiro atoms. The van der Waals surface area contributed by atoms with Crippen LogP contribution in [0.5, 0.6) is 0 Å². The number of halogens is 3. The molecule has 94 valence electrons. The molecule has 1 aromatic heterocycles. The summed E-state index contributed by atoms with van der Waals surface area (Å²) in [6, 6.07) is 2.53. The molecular weight excluding hydrogens is 249 g/mol. The Kier molecular flexibility index (Phi) is 5.34. The van der Waals surface area contributed by atoms with Gasteiger partial charge in [-0.05, 0) is 12.1 Å². The maximum atomic E-state index is 12.4. The third kappa shape index (κ3) is 5.12. The van der Waals surface area contributed by atoms with Crippen LogP contribution >= 0.6 is 11.8 Å². The van der Waals surface area contributed by atoms with Gasteiger partial charge in [-0.15, -0.1) is 6.58 Å². The van der Waals surface area contributed by atoms with Gasteiger partial charge >= 0.3 is 6.18 Å². The third-order valence-electron chi connectivity index (χ3n) is 1.86. The van der Waals surface area contributed by atoms with Gasteiger partial charge in [0.25, 0.3) is 0 Å². The van der Waals surface area contributed by atoms with Gasteiger partial charge in [-0.2, -0.15) is 24.9 Å². The second kappa shape index (κ2) is 6.54. The Morgan fingerprint density at radius 3 is 2.88 bits per heavy atom. The number of thioether (sulfide) groups is 1. The van der Waals surface area contributed by atoms with Crippen LogP contribution in [0.4, 0.5) is 18.9 Å². The first-order valence-corrected chi connectivity index (χ1v) is 6.15. The van der Waals surface area contributed by atoms with E-state index in [2.05, 4.69) is 16.9 Å². The van der Waals surface area contributed by atoms with Crippen molar-refractivity contribution < 1.29 is 13.2 Å². The lowest BCUT2D eigenvalue weighted by Crippen LogP contribution is -2.10. The molecule has 0 aliphatic rings. The molecule has 0 bridgehead atoms. The van der Waals surface area contributed by atoms with E-state index in [9.17, 15) is 13.2 Å². The molecule has 0 atom stereocenters. The summed E-state index contributed by atoms with van der Waals surface area (Å²) in [6.45, 7) is 4.19. The summed E-state index contributed by atoms with van der Waals surface area (Å²) in [7, 11) is 0. The average molecular weight is 262 g/mol. The second-order valence-electron chi connectivity index (χ2n) is 3.22. The molecule has 0 aromatic carbocycles. The van der Waals surface area contributed by atoms with Crippen LogP contribution in [0.2, 0.25) is 0 Å². The number of alkyl halides is 3. The molecule has 1 aromatic rings. The molecule has 6 heteroatoms. The van der Waals surface area contributed by atoms with Crippen molar-refractivity contribution in [3.05, 3.63) is 36.7 Å². The second-order valence-corrected chi connectivity index (χ2v) is 4.37. The van der Waals surface area contributed by atoms with E-state index in [1.165, 1.54) is 6.07 Å². The predicted octanol–water partition coefficient (Wildman–Crippen LogP) is 3.43. The summed E-state index contributed by atoms with van der Waals surface area (Å²) in [5.74, 6) is 1.65. The molecule has 0 saturated carbocycles. The van der Waals surface area contributed by atoms with E-state index in [4.69, 9.17) is 0 Å². The Hall–Kier alpha value is -1.17. The summed E-state index contributed by atoms with van der Waals surface area (Å²) in [5, 5.41) is 2.92. The Morgan fingerprint density at radius 2 is 2.24 bits per heavy atom. The zero-order chi connectivity index (χ0) is 12.7. The highest BCUT2D eigenvalue weighted by Gasteiger charge is 2.32. The van der Waals surface area contributed by atoms with Crippen molar-refractivity contribution in [3.8, 4) is 0 Å². The van der Waals surface area contributed by atoms with Gasteiger partial charge in [0.15, 0.2) is 0 Å². The van der Waals surface area contributed by atoms with Gasteiger partial charge in [-0.25, -0.2) is 0 Å². The molecule has 1 heterocycles. The lowest BCUT2D eigenvalue weighted by atomic mass is 10.3. The number of anilines is 1. The van der Waals surface area contributed by atoms with E-state index >= 15 is 0 Å². The number of nitrogens with zero attached hydrogens (tertiary/aromatic N) is 1. The number of pyridine rings is 1. The maximum Gasteiger partial charge on any atom is 0.433 e. The number of rotatable bonds is 6. The van der Waals surface area contributed by atoms with Gasteiger partial charge < -0.3 is 5.32 Å². The van der Waals surface area contributed by atoms with Crippen LogP contribution in [-0.4, -0.2) is 23.0 Å². The van der Waals surface area contributed by atoms with Gasteiger partial charge in [0, 0.05) is 29.9 Å². The first-order chi connectivity index (χ1) is 8.04. The zero-order valence-electron chi connectivity index (χ0n) is 9.13. The number of hydrogen-bond acceptors (Lipinski definition) is 3. The first-order valence-electron chi connectivity index (χ1n) is 5.00. The van der Waals surface area contributed by atoms with Gasteiger partial charge in [-0.3, -0.25) is 4.98 Å².